The number of aryl methyl sites for hydroxylation is 1. The molecule has 0 amide bonds. The van der Waals surface area contributed by atoms with E-state index in [0.717, 1.165) is 12.1 Å². The lowest BCUT2D eigenvalue weighted by Gasteiger charge is -2.14. The van der Waals surface area contributed by atoms with Gasteiger partial charge >= 0.3 is 5.97 Å². The van der Waals surface area contributed by atoms with E-state index in [4.69, 9.17) is 10.5 Å². The second-order valence-electron chi connectivity index (χ2n) is 4.05. The Morgan fingerprint density at radius 2 is 2.05 bits per heavy atom. The summed E-state index contributed by atoms with van der Waals surface area (Å²) in [5, 5.41) is 0. The van der Waals surface area contributed by atoms with Gasteiger partial charge in [-0.3, -0.25) is 0 Å². The lowest BCUT2D eigenvalue weighted by Crippen LogP contribution is -2.22. The Morgan fingerprint density at radius 1 is 1.37 bits per heavy atom. The first kappa shape index (κ1) is 15.5. The van der Waals surface area contributed by atoms with E-state index < -0.39 is 23.6 Å². The van der Waals surface area contributed by atoms with Crippen LogP contribution < -0.4 is 5.73 Å². The Labute approximate surface area is 110 Å². The predicted molar refractivity (Wildman–Crippen MR) is 65.5 cm³/mol. The highest BCUT2D eigenvalue weighted by molar-refractivity contribution is 5.70. The SMILES string of the molecule is CCOC(=O)COCC(N)c1cc(F)c(C)cc1F. The highest BCUT2D eigenvalue weighted by atomic mass is 19.1. The van der Waals surface area contributed by atoms with Gasteiger partial charge in [0.15, 0.2) is 0 Å². The normalized spacial score (nSPS) is 12.3. The van der Waals surface area contributed by atoms with Gasteiger partial charge in [0.1, 0.15) is 18.2 Å². The van der Waals surface area contributed by atoms with E-state index in [1.165, 1.54) is 6.92 Å². The van der Waals surface area contributed by atoms with Crippen molar-refractivity contribution in [2.45, 2.75) is 19.9 Å². The number of benzene rings is 1. The third kappa shape index (κ3) is 4.57. The van der Waals surface area contributed by atoms with Gasteiger partial charge in [0.2, 0.25) is 0 Å². The minimum absolute atomic E-state index is 0.0203. The second kappa shape index (κ2) is 7.16. The molecule has 0 bridgehead atoms. The van der Waals surface area contributed by atoms with Crippen molar-refractivity contribution in [3.63, 3.8) is 0 Å². The van der Waals surface area contributed by atoms with Crippen molar-refractivity contribution in [1.82, 2.24) is 0 Å². The summed E-state index contributed by atoms with van der Waals surface area (Å²) < 4.78 is 36.6. The number of carbonyl (C=O) groups excluding carboxylic acids is 1. The molecule has 0 heterocycles. The standard InChI is InChI=1S/C13H17F2NO3/c1-3-19-13(17)7-18-6-12(16)9-5-10(14)8(2)4-11(9)15/h4-5,12H,3,6-7,16H2,1-2H3. The van der Waals surface area contributed by atoms with E-state index in [9.17, 15) is 13.6 Å². The zero-order valence-corrected chi connectivity index (χ0v) is 10.9. The number of esters is 1. The molecular weight excluding hydrogens is 256 g/mol. The minimum atomic E-state index is -0.843. The van der Waals surface area contributed by atoms with Gasteiger partial charge in [-0.05, 0) is 31.5 Å². The summed E-state index contributed by atoms with van der Waals surface area (Å²) >= 11 is 0. The molecule has 4 nitrogen and oxygen atoms in total. The fourth-order valence-corrected chi connectivity index (χ4v) is 1.51. The molecule has 0 saturated carbocycles. The average Bonchev–Trinajstić information content (AvgIpc) is 2.34. The van der Waals surface area contributed by atoms with Crippen LogP contribution in [0.3, 0.4) is 0 Å². The molecule has 0 aliphatic heterocycles. The van der Waals surface area contributed by atoms with Gasteiger partial charge in [0.25, 0.3) is 0 Å². The van der Waals surface area contributed by atoms with Gasteiger partial charge < -0.3 is 15.2 Å². The summed E-state index contributed by atoms with van der Waals surface area (Å²) in [4.78, 5) is 11.0. The van der Waals surface area contributed by atoms with Gasteiger partial charge in [-0.25, -0.2) is 13.6 Å². The molecule has 6 heteroatoms. The molecule has 0 aromatic heterocycles. The van der Waals surface area contributed by atoms with Crippen LogP contribution in [0.5, 0.6) is 0 Å². The number of ether oxygens (including phenoxy) is 2. The Kier molecular flexibility index (Phi) is 5.85. The van der Waals surface area contributed by atoms with Crippen molar-refractivity contribution in [2.75, 3.05) is 19.8 Å². The first-order valence-corrected chi connectivity index (χ1v) is 5.90. The molecule has 19 heavy (non-hydrogen) atoms. The Bertz CT molecular complexity index is 452. The van der Waals surface area contributed by atoms with Crippen molar-refractivity contribution in [2.24, 2.45) is 5.73 Å². The molecule has 1 aromatic carbocycles. The summed E-state index contributed by atoms with van der Waals surface area (Å²) in [6.07, 6.45) is 0. The predicted octanol–water partition coefficient (Wildman–Crippen LogP) is 1.85. The lowest BCUT2D eigenvalue weighted by molar-refractivity contribution is -0.148. The summed E-state index contributed by atoms with van der Waals surface area (Å²) in [5.74, 6) is -1.64. The van der Waals surface area contributed by atoms with Crippen LogP contribution in [-0.4, -0.2) is 25.8 Å². The third-order valence-electron chi connectivity index (χ3n) is 2.50. The maximum Gasteiger partial charge on any atom is 0.332 e. The van der Waals surface area contributed by atoms with Gasteiger partial charge in [0.05, 0.1) is 19.3 Å². The summed E-state index contributed by atoms with van der Waals surface area (Å²) in [5.41, 5.74) is 5.92. The van der Waals surface area contributed by atoms with Crippen molar-refractivity contribution >= 4 is 5.97 Å². The largest absolute Gasteiger partial charge is 0.464 e. The Morgan fingerprint density at radius 3 is 2.68 bits per heavy atom. The van der Waals surface area contributed by atoms with E-state index in [1.54, 1.807) is 6.92 Å². The molecular formula is C13H17F2NO3. The first-order valence-electron chi connectivity index (χ1n) is 5.90. The van der Waals surface area contributed by atoms with E-state index in [2.05, 4.69) is 4.74 Å². The number of halogens is 2. The van der Waals surface area contributed by atoms with Gasteiger partial charge in [-0.15, -0.1) is 0 Å². The van der Waals surface area contributed by atoms with Gasteiger partial charge in [0, 0.05) is 5.56 Å². The topological polar surface area (TPSA) is 61.5 Å². The molecule has 0 spiro atoms. The van der Waals surface area contributed by atoms with Gasteiger partial charge in [-0.1, -0.05) is 0 Å². The maximum atomic E-state index is 13.6. The summed E-state index contributed by atoms with van der Waals surface area (Å²) in [6.45, 7) is 3.03. The summed E-state index contributed by atoms with van der Waals surface area (Å²) in [7, 11) is 0. The molecule has 1 rings (SSSR count). The molecule has 0 saturated heterocycles. The van der Waals surface area contributed by atoms with Crippen molar-refractivity contribution in [1.29, 1.82) is 0 Å². The number of nitrogens with two attached hydrogens (primary N) is 1. The molecule has 0 aliphatic rings. The molecule has 106 valence electrons. The highest BCUT2D eigenvalue weighted by Crippen LogP contribution is 2.19. The number of hydrogen-bond donors (Lipinski definition) is 1. The van der Waals surface area contributed by atoms with Crippen LogP contribution in [-0.2, 0) is 14.3 Å². The molecule has 0 fully saturated rings. The number of hydrogen-bond acceptors (Lipinski definition) is 4. The van der Waals surface area contributed by atoms with Crippen LogP contribution in [0, 0.1) is 18.6 Å². The van der Waals surface area contributed by atoms with Crippen molar-refractivity contribution in [3.8, 4) is 0 Å². The molecule has 2 N–H and O–H groups in total. The Balaban J connectivity index is 2.56. The molecule has 0 aliphatic carbocycles. The Hall–Kier alpha value is -1.53. The van der Waals surface area contributed by atoms with Crippen molar-refractivity contribution in [3.05, 3.63) is 34.9 Å². The number of rotatable bonds is 6. The lowest BCUT2D eigenvalue weighted by atomic mass is 10.1. The smallest absolute Gasteiger partial charge is 0.332 e. The molecule has 1 unspecified atom stereocenters. The zero-order chi connectivity index (χ0) is 14.4. The van der Waals surface area contributed by atoms with E-state index in [1.807, 2.05) is 0 Å². The van der Waals surface area contributed by atoms with Crippen LogP contribution in [0.2, 0.25) is 0 Å². The monoisotopic (exact) mass is 273 g/mol. The first-order chi connectivity index (χ1) is 8.95. The molecule has 1 atom stereocenters. The average molecular weight is 273 g/mol. The van der Waals surface area contributed by atoms with Crippen LogP contribution in [0.1, 0.15) is 24.1 Å². The molecule has 0 radical (unpaired) electrons. The van der Waals surface area contributed by atoms with E-state index in [0.29, 0.717) is 0 Å². The van der Waals surface area contributed by atoms with Crippen LogP contribution in [0.15, 0.2) is 12.1 Å². The van der Waals surface area contributed by atoms with Crippen LogP contribution in [0.4, 0.5) is 8.78 Å². The summed E-state index contributed by atoms with van der Waals surface area (Å²) in [6, 6.07) is 1.28. The highest BCUT2D eigenvalue weighted by Gasteiger charge is 2.15. The van der Waals surface area contributed by atoms with Crippen LogP contribution >= 0.6 is 0 Å². The fourth-order valence-electron chi connectivity index (χ4n) is 1.51. The zero-order valence-electron chi connectivity index (χ0n) is 10.9. The second-order valence-corrected chi connectivity index (χ2v) is 4.05. The number of carbonyl (C=O) groups is 1. The quantitative estimate of drug-likeness (QED) is 0.803. The van der Waals surface area contributed by atoms with Crippen molar-refractivity contribution < 1.29 is 23.0 Å². The van der Waals surface area contributed by atoms with Gasteiger partial charge in [-0.2, -0.15) is 0 Å². The van der Waals surface area contributed by atoms with E-state index >= 15 is 0 Å². The van der Waals surface area contributed by atoms with Crippen LogP contribution in [0.25, 0.3) is 0 Å². The molecule has 1 aromatic rings. The fraction of sp³-hybridized carbons (Fsp3) is 0.462. The minimum Gasteiger partial charge on any atom is -0.464 e. The third-order valence-corrected chi connectivity index (χ3v) is 2.50. The maximum absolute atomic E-state index is 13.6. The van der Waals surface area contributed by atoms with E-state index in [-0.39, 0.29) is 30.9 Å².